The Morgan fingerprint density at radius 1 is 1.17 bits per heavy atom. The van der Waals surface area contributed by atoms with Gasteiger partial charge in [-0.05, 0) is 72.9 Å². The summed E-state index contributed by atoms with van der Waals surface area (Å²) < 4.78 is 25.9. The summed E-state index contributed by atoms with van der Waals surface area (Å²) in [5, 5.41) is 9.31. The zero-order valence-electron chi connectivity index (χ0n) is 20.3. The Morgan fingerprint density at radius 3 is 2.66 bits per heavy atom. The van der Waals surface area contributed by atoms with E-state index in [4.69, 9.17) is 14.5 Å². The quantitative estimate of drug-likeness (QED) is 0.362. The van der Waals surface area contributed by atoms with Crippen molar-refractivity contribution in [3.05, 3.63) is 71.4 Å². The van der Waals surface area contributed by atoms with Crippen LogP contribution in [0.15, 0.2) is 48.7 Å². The van der Waals surface area contributed by atoms with Gasteiger partial charge in [0, 0.05) is 5.56 Å². The molecule has 3 aromatic rings. The Morgan fingerprint density at radius 2 is 1.97 bits per heavy atom. The van der Waals surface area contributed by atoms with Gasteiger partial charge >= 0.3 is 5.97 Å². The predicted octanol–water partition coefficient (Wildman–Crippen LogP) is 6.04. The van der Waals surface area contributed by atoms with Crippen LogP contribution in [-0.2, 0) is 17.8 Å². The number of rotatable bonds is 11. The highest BCUT2D eigenvalue weighted by Crippen LogP contribution is 2.45. The van der Waals surface area contributed by atoms with Crippen LogP contribution in [0.1, 0.15) is 56.0 Å². The van der Waals surface area contributed by atoms with Crippen LogP contribution in [0.4, 0.5) is 4.39 Å². The Labute approximate surface area is 205 Å². The van der Waals surface area contributed by atoms with Crippen LogP contribution in [-0.4, -0.2) is 28.2 Å². The van der Waals surface area contributed by atoms with Crippen LogP contribution in [0.25, 0.3) is 11.3 Å². The minimum absolute atomic E-state index is 0.00512. The molecule has 6 nitrogen and oxygen atoms in total. The van der Waals surface area contributed by atoms with Crippen LogP contribution < -0.4 is 9.47 Å². The number of aromatic nitrogens is 2. The van der Waals surface area contributed by atoms with Gasteiger partial charge in [0.25, 0.3) is 0 Å². The summed E-state index contributed by atoms with van der Waals surface area (Å²) in [4.78, 5) is 20.6. The maximum absolute atomic E-state index is 14.6. The molecule has 1 atom stereocenters. The smallest absolute Gasteiger partial charge is 0.303 e. The van der Waals surface area contributed by atoms with Crippen LogP contribution >= 0.6 is 0 Å². The van der Waals surface area contributed by atoms with Crippen LogP contribution in [0.3, 0.4) is 0 Å². The summed E-state index contributed by atoms with van der Waals surface area (Å²) in [6.45, 7) is 4.36. The van der Waals surface area contributed by atoms with Gasteiger partial charge < -0.3 is 14.6 Å². The van der Waals surface area contributed by atoms with Crippen molar-refractivity contribution in [2.45, 2.75) is 52.1 Å². The number of benzene rings is 2. The van der Waals surface area contributed by atoms with E-state index in [-0.39, 0.29) is 24.8 Å². The summed E-state index contributed by atoms with van der Waals surface area (Å²) in [5.74, 6) is 0.789. The number of nitrogens with zero attached hydrogens (tertiary/aromatic N) is 2. The number of aliphatic carboxylic acids is 1. The maximum atomic E-state index is 14.6. The molecule has 1 heterocycles. The minimum atomic E-state index is -0.784. The Bertz CT molecular complexity index is 1190. The molecule has 0 aliphatic heterocycles. The molecule has 1 aliphatic rings. The lowest BCUT2D eigenvalue weighted by atomic mass is 9.91. The molecule has 1 fully saturated rings. The molecule has 35 heavy (non-hydrogen) atoms. The van der Waals surface area contributed by atoms with Crippen LogP contribution in [0.5, 0.6) is 11.5 Å². The lowest BCUT2D eigenvalue weighted by Gasteiger charge is -2.16. The third-order valence-corrected chi connectivity index (χ3v) is 6.18. The molecule has 0 spiro atoms. The average Bonchev–Trinajstić information content (AvgIpc) is 3.67. The van der Waals surface area contributed by atoms with Gasteiger partial charge in [0.05, 0.1) is 36.8 Å². The molecule has 1 N–H and O–H groups in total. The number of ether oxygens (including phenoxy) is 2. The van der Waals surface area contributed by atoms with E-state index in [2.05, 4.69) is 18.8 Å². The summed E-state index contributed by atoms with van der Waals surface area (Å²) in [6, 6.07) is 12.2. The fourth-order valence-electron chi connectivity index (χ4n) is 4.34. The molecular weight excluding hydrogens is 447 g/mol. The van der Waals surface area contributed by atoms with Gasteiger partial charge in [0.15, 0.2) is 0 Å². The summed E-state index contributed by atoms with van der Waals surface area (Å²) in [7, 11) is 1.54. The second-order valence-corrected chi connectivity index (χ2v) is 9.50. The van der Waals surface area contributed by atoms with Gasteiger partial charge in [-0.3, -0.25) is 14.8 Å². The lowest BCUT2D eigenvalue weighted by molar-refractivity contribution is -0.137. The maximum Gasteiger partial charge on any atom is 0.303 e. The molecule has 0 saturated heterocycles. The van der Waals surface area contributed by atoms with E-state index in [9.17, 15) is 14.3 Å². The summed E-state index contributed by atoms with van der Waals surface area (Å²) >= 11 is 0. The SMILES string of the molecule is COc1ccc(F)c(-c2ncc(COc3cccc([C@@H](CC(=O)O)C4CC4)c3)nc2CC(C)C)c1. The molecule has 7 heteroatoms. The van der Waals surface area contributed by atoms with E-state index in [1.807, 2.05) is 24.3 Å². The highest BCUT2D eigenvalue weighted by atomic mass is 19.1. The minimum Gasteiger partial charge on any atom is -0.497 e. The van der Waals surface area contributed by atoms with Crippen LogP contribution in [0, 0.1) is 17.7 Å². The molecule has 0 unspecified atom stereocenters. The topological polar surface area (TPSA) is 81.5 Å². The first-order valence-corrected chi connectivity index (χ1v) is 12.0. The fourth-order valence-corrected chi connectivity index (χ4v) is 4.34. The first kappa shape index (κ1) is 24.6. The number of hydrogen-bond acceptors (Lipinski definition) is 5. The van der Waals surface area contributed by atoms with E-state index >= 15 is 0 Å². The van der Waals surface area contributed by atoms with E-state index in [0.717, 1.165) is 18.4 Å². The van der Waals surface area contributed by atoms with E-state index < -0.39 is 5.97 Å². The molecule has 1 aromatic heterocycles. The number of carboxylic acid groups (broad SMARTS) is 1. The number of hydrogen-bond donors (Lipinski definition) is 1. The van der Waals surface area contributed by atoms with Crippen molar-refractivity contribution in [2.75, 3.05) is 7.11 Å². The van der Waals surface area contributed by atoms with Gasteiger partial charge in [-0.2, -0.15) is 0 Å². The molecular formula is C28H31FN2O4. The van der Waals surface area contributed by atoms with Crippen molar-refractivity contribution in [3.63, 3.8) is 0 Å². The van der Waals surface area contributed by atoms with Gasteiger partial charge in [-0.25, -0.2) is 4.39 Å². The van der Waals surface area contributed by atoms with Gasteiger partial charge in [-0.1, -0.05) is 26.0 Å². The van der Waals surface area contributed by atoms with Crippen molar-refractivity contribution < 1.29 is 23.8 Å². The van der Waals surface area contributed by atoms with Gasteiger partial charge in [-0.15, -0.1) is 0 Å². The Hall–Kier alpha value is -3.48. The van der Waals surface area contributed by atoms with Crippen LogP contribution in [0.2, 0.25) is 0 Å². The molecule has 1 saturated carbocycles. The largest absolute Gasteiger partial charge is 0.497 e. The van der Waals surface area contributed by atoms with Gasteiger partial charge in [0.1, 0.15) is 23.9 Å². The molecule has 2 aromatic carbocycles. The van der Waals surface area contributed by atoms with Crippen molar-refractivity contribution in [1.82, 2.24) is 9.97 Å². The number of carbonyl (C=O) groups is 1. The van der Waals surface area contributed by atoms with Gasteiger partial charge in [0.2, 0.25) is 0 Å². The molecule has 0 radical (unpaired) electrons. The standard InChI is InChI=1S/C28H31FN2O4/c1-17(2)11-26-28(24-13-21(34-3)9-10-25(24)29)30-15-20(31-26)16-35-22-6-4-5-19(12-22)23(14-27(32)33)18-7-8-18/h4-6,9-10,12-13,15,17-18,23H,7-8,11,14,16H2,1-3H3,(H,32,33)/t23-/m0/s1. The summed E-state index contributed by atoms with van der Waals surface area (Å²) in [6.07, 6.45) is 4.51. The first-order chi connectivity index (χ1) is 16.8. The zero-order valence-corrected chi connectivity index (χ0v) is 20.3. The fraction of sp³-hybridized carbons (Fsp3) is 0.393. The molecule has 0 bridgehead atoms. The third kappa shape index (κ3) is 6.35. The zero-order chi connectivity index (χ0) is 24.9. The Balaban J connectivity index is 1.55. The summed E-state index contributed by atoms with van der Waals surface area (Å²) in [5.41, 5.74) is 3.20. The van der Waals surface area contributed by atoms with Crippen molar-refractivity contribution in [1.29, 1.82) is 0 Å². The predicted molar refractivity (Wildman–Crippen MR) is 131 cm³/mol. The molecule has 4 rings (SSSR count). The van der Waals surface area contributed by atoms with E-state index in [0.29, 0.717) is 52.4 Å². The molecule has 0 amide bonds. The average molecular weight is 479 g/mol. The number of methoxy groups -OCH3 is 1. The molecule has 184 valence electrons. The van der Waals surface area contributed by atoms with Crippen molar-refractivity contribution >= 4 is 5.97 Å². The Kier molecular flexibility index (Phi) is 7.63. The first-order valence-electron chi connectivity index (χ1n) is 12.0. The van der Waals surface area contributed by atoms with E-state index in [1.54, 1.807) is 25.4 Å². The molecule has 1 aliphatic carbocycles. The number of carboxylic acids is 1. The third-order valence-electron chi connectivity index (χ3n) is 6.18. The highest BCUT2D eigenvalue weighted by Gasteiger charge is 2.33. The monoisotopic (exact) mass is 478 g/mol. The lowest BCUT2D eigenvalue weighted by Crippen LogP contribution is -2.09. The van der Waals surface area contributed by atoms with Crippen molar-refractivity contribution in [2.24, 2.45) is 11.8 Å². The van der Waals surface area contributed by atoms with Crippen molar-refractivity contribution in [3.8, 4) is 22.8 Å². The van der Waals surface area contributed by atoms with E-state index in [1.165, 1.54) is 6.07 Å². The second kappa shape index (κ2) is 10.8. The second-order valence-electron chi connectivity index (χ2n) is 9.50. The normalized spacial score (nSPS) is 14.1. The highest BCUT2D eigenvalue weighted by molar-refractivity contribution is 5.68. The number of halogens is 1.